The van der Waals surface area contributed by atoms with E-state index >= 15 is 0 Å². The Kier molecular flexibility index (Phi) is 4.64. The number of hydrogen-bond acceptors (Lipinski definition) is 7. The van der Waals surface area contributed by atoms with Crippen LogP contribution in [-0.2, 0) is 17.9 Å². The second-order valence-electron chi connectivity index (χ2n) is 6.70. The van der Waals surface area contributed by atoms with Crippen molar-refractivity contribution in [3.63, 3.8) is 0 Å². The minimum Gasteiger partial charge on any atom is -0.467 e. The van der Waals surface area contributed by atoms with Crippen LogP contribution < -0.4 is 11.0 Å². The Morgan fingerprint density at radius 3 is 2.74 bits per heavy atom. The molecular formula is C21H16N6O4. The summed E-state index contributed by atoms with van der Waals surface area (Å²) in [5.74, 6) is 0.900. The van der Waals surface area contributed by atoms with E-state index in [-0.39, 0.29) is 24.9 Å². The third-order valence-corrected chi connectivity index (χ3v) is 4.63. The molecule has 4 heterocycles. The Morgan fingerprint density at radius 1 is 1.06 bits per heavy atom. The standard InChI is InChI=1S/C21H16N6O4/c28-17(22-12-15-8-5-11-30-15)13-27-21(29)26-10-4-9-16(19(26)24-27)20-23-18(25-31-20)14-6-2-1-3-7-14/h1-11H,12-13H2,(H,22,28). The van der Waals surface area contributed by atoms with Crippen molar-refractivity contribution in [3.8, 4) is 22.8 Å². The summed E-state index contributed by atoms with van der Waals surface area (Å²) >= 11 is 0. The van der Waals surface area contributed by atoms with Crippen LogP contribution in [0.25, 0.3) is 28.5 Å². The Hall–Kier alpha value is -4.47. The monoisotopic (exact) mass is 416 g/mol. The molecular weight excluding hydrogens is 400 g/mol. The van der Waals surface area contributed by atoms with Crippen LogP contribution in [0.4, 0.5) is 0 Å². The van der Waals surface area contributed by atoms with E-state index in [1.165, 1.54) is 10.7 Å². The van der Waals surface area contributed by atoms with Crippen LogP contribution in [0.5, 0.6) is 0 Å². The molecule has 1 aromatic carbocycles. The molecule has 0 atom stereocenters. The van der Waals surface area contributed by atoms with E-state index in [4.69, 9.17) is 8.94 Å². The molecule has 0 aliphatic heterocycles. The smallest absolute Gasteiger partial charge is 0.350 e. The van der Waals surface area contributed by atoms with E-state index in [0.29, 0.717) is 22.8 Å². The Labute approximate surface area is 174 Å². The topological polar surface area (TPSA) is 120 Å². The van der Waals surface area contributed by atoms with E-state index in [2.05, 4.69) is 20.6 Å². The zero-order valence-corrected chi connectivity index (χ0v) is 16.1. The van der Waals surface area contributed by atoms with E-state index in [9.17, 15) is 9.59 Å². The highest BCUT2D eigenvalue weighted by Crippen LogP contribution is 2.24. The van der Waals surface area contributed by atoms with Crippen LogP contribution in [0.2, 0.25) is 0 Å². The molecule has 1 amide bonds. The summed E-state index contributed by atoms with van der Waals surface area (Å²) in [7, 11) is 0. The summed E-state index contributed by atoms with van der Waals surface area (Å²) in [5.41, 5.74) is 1.16. The van der Waals surface area contributed by atoms with Gasteiger partial charge in [0.05, 0.1) is 18.4 Å². The van der Waals surface area contributed by atoms with E-state index in [0.717, 1.165) is 10.2 Å². The Balaban J connectivity index is 1.43. The largest absolute Gasteiger partial charge is 0.467 e. The van der Waals surface area contributed by atoms with E-state index in [1.807, 2.05) is 30.3 Å². The van der Waals surface area contributed by atoms with Crippen LogP contribution in [-0.4, -0.2) is 30.2 Å². The van der Waals surface area contributed by atoms with Crippen molar-refractivity contribution in [1.29, 1.82) is 0 Å². The highest BCUT2D eigenvalue weighted by atomic mass is 16.5. The maximum absolute atomic E-state index is 12.7. The number of benzene rings is 1. The highest BCUT2D eigenvalue weighted by molar-refractivity contribution is 5.76. The number of aromatic nitrogens is 5. The van der Waals surface area contributed by atoms with Gasteiger partial charge >= 0.3 is 5.69 Å². The molecule has 0 aliphatic carbocycles. The zero-order valence-electron chi connectivity index (χ0n) is 16.1. The minimum atomic E-state index is -0.451. The fraction of sp³-hybridized carbons (Fsp3) is 0.0952. The van der Waals surface area contributed by atoms with Gasteiger partial charge in [0.2, 0.25) is 11.7 Å². The van der Waals surface area contributed by atoms with Crippen molar-refractivity contribution in [3.05, 3.63) is 83.3 Å². The quantitative estimate of drug-likeness (QED) is 0.450. The van der Waals surface area contributed by atoms with Gasteiger partial charge in [0.25, 0.3) is 5.89 Å². The number of fused-ring (bicyclic) bond motifs is 1. The maximum atomic E-state index is 12.7. The first-order valence-corrected chi connectivity index (χ1v) is 9.46. The van der Waals surface area contributed by atoms with Crippen LogP contribution in [0.3, 0.4) is 0 Å². The van der Waals surface area contributed by atoms with Gasteiger partial charge in [-0.1, -0.05) is 35.5 Å². The van der Waals surface area contributed by atoms with Gasteiger partial charge in [-0.05, 0) is 24.3 Å². The van der Waals surface area contributed by atoms with Gasteiger partial charge in [0, 0.05) is 11.8 Å². The van der Waals surface area contributed by atoms with Crippen molar-refractivity contribution < 1.29 is 13.7 Å². The van der Waals surface area contributed by atoms with Gasteiger partial charge in [-0.25, -0.2) is 13.9 Å². The molecule has 0 saturated heterocycles. The van der Waals surface area contributed by atoms with Crippen molar-refractivity contribution in [2.24, 2.45) is 0 Å². The summed E-state index contributed by atoms with van der Waals surface area (Å²) in [4.78, 5) is 29.4. The first-order chi connectivity index (χ1) is 15.2. The number of pyridine rings is 1. The molecule has 10 nitrogen and oxygen atoms in total. The molecule has 0 saturated carbocycles. The third kappa shape index (κ3) is 3.62. The van der Waals surface area contributed by atoms with Crippen LogP contribution in [0.15, 0.2) is 80.8 Å². The Morgan fingerprint density at radius 2 is 1.94 bits per heavy atom. The number of nitrogens with zero attached hydrogens (tertiary/aromatic N) is 5. The Bertz CT molecular complexity index is 1400. The number of hydrogen-bond donors (Lipinski definition) is 1. The SMILES string of the molecule is O=C(Cn1nc2c(-c3nc(-c4ccccc4)no3)cccn2c1=O)NCc1ccco1. The number of carbonyl (C=O) groups excluding carboxylic acids is 1. The normalized spacial score (nSPS) is 11.1. The number of rotatable bonds is 6. The molecule has 0 radical (unpaired) electrons. The number of furan rings is 1. The van der Waals surface area contributed by atoms with Crippen molar-refractivity contribution in [2.45, 2.75) is 13.1 Å². The lowest BCUT2D eigenvalue weighted by Crippen LogP contribution is -2.32. The fourth-order valence-corrected chi connectivity index (χ4v) is 3.14. The lowest BCUT2D eigenvalue weighted by molar-refractivity contribution is -0.122. The van der Waals surface area contributed by atoms with Gasteiger partial charge < -0.3 is 14.3 Å². The second kappa shape index (κ2) is 7.75. The molecule has 4 aromatic heterocycles. The van der Waals surface area contributed by atoms with Gasteiger partial charge in [0.15, 0.2) is 5.65 Å². The van der Waals surface area contributed by atoms with Gasteiger partial charge in [-0.15, -0.1) is 5.10 Å². The summed E-state index contributed by atoms with van der Waals surface area (Å²) < 4.78 is 13.0. The first kappa shape index (κ1) is 18.6. The molecule has 0 spiro atoms. The molecule has 31 heavy (non-hydrogen) atoms. The van der Waals surface area contributed by atoms with Crippen LogP contribution in [0, 0.1) is 0 Å². The fourth-order valence-electron chi connectivity index (χ4n) is 3.14. The lowest BCUT2D eigenvalue weighted by atomic mass is 10.2. The second-order valence-corrected chi connectivity index (χ2v) is 6.70. The van der Waals surface area contributed by atoms with Gasteiger partial charge in [-0.3, -0.25) is 4.79 Å². The highest BCUT2D eigenvalue weighted by Gasteiger charge is 2.18. The summed E-state index contributed by atoms with van der Waals surface area (Å²) in [5, 5.41) is 11.0. The average Bonchev–Trinajstić information content (AvgIpc) is 3.55. The predicted molar refractivity (Wildman–Crippen MR) is 109 cm³/mol. The minimum absolute atomic E-state index is 0.226. The molecule has 0 unspecified atom stereocenters. The molecule has 0 fully saturated rings. The summed E-state index contributed by atoms with van der Waals surface area (Å²) in [6.07, 6.45) is 3.09. The molecule has 154 valence electrons. The molecule has 5 aromatic rings. The third-order valence-electron chi connectivity index (χ3n) is 4.63. The number of nitrogens with one attached hydrogen (secondary N) is 1. The number of amides is 1. The average molecular weight is 416 g/mol. The maximum Gasteiger partial charge on any atom is 0.350 e. The molecule has 0 bridgehead atoms. The van der Waals surface area contributed by atoms with Crippen molar-refractivity contribution in [1.82, 2.24) is 29.6 Å². The van der Waals surface area contributed by atoms with Crippen LogP contribution in [0.1, 0.15) is 5.76 Å². The summed E-state index contributed by atoms with van der Waals surface area (Å²) in [6.45, 7) is -0.0107. The van der Waals surface area contributed by atoms with Gasteiger partial charge in [0.1, 0.15) is 12.3 Å². The zero-order chi connectivity index (χ0) is 21.2. The van der Waals surface area contributed by atoms with Crippen molar-refractivity contribution in [2.75, 3.05) is 0 Å². The van der Waals surface area contributed by atoms with Gasteiger partial charge in [-0.2, -0.15) is 4.98 Å². The number of carbonyl (C=O) groups is 1. The molecule has 0 aliphatic rings. The predicted octanol–water partition coefficient (Wildman–Crippen LogP) is 2.12. The van der Waals surface area contributed by atoms with Crippen LogP contribution >= 0.6 is 0 Å². The van der Waals surface area contributed by atoms with Crippen molar-refractivity contribution >= 4 is 11.6 Å². The lowest BCUT2D eigenvalue weighted by Gasteiger charge is -2.02. The molecule has 1 N–H and O–H groups in total. The molecule has 10 heteroatoms. The molecule has 5 rings (SSSR count). The van der Waals surface area contributed by atoms with E-state index in [1.54, 1.807) is 30.5 Å². The van der Waals surface area contributed by atoms with E-state index < -0.39 is 5.69 Å². The first-order valence-electron chi connectivity index (χ1n) is 9.46. The summed E-state index contributed by atoms with van der Waals surface area (Å²) in [6, 6.07) is 16.3.